The Morgan fingerprint density at radius 2 is 2.12 bits per heavy atom. The summed E-state index contributed by atoms with van der Waals surface area (Å²) in [6.45, 7) is 0.285. The van der Waals surface area contributed by atoms with E-state index in [2.05, 4.69) is 39.4 Å². The zero-order valence-electron chi connectivity index (χ0n) is 8.95. The van der Waals surface area contributed by atoms with Gasteiger partial charge in [-0.25, -0.2) is 0 Å². The van der Waals surface area contributed by atoms with E-state index in [9.17, 15) is 4.79 Å². The summed E-state index contributed by atoms with van der Waals surface area (Å²) in [4.78, 5) is 10.6. The first-order chi connectivity index (χ1) is 7.66. The van der Waals surface area contributed by atoms with Crippen LogP contribution in [0.3, 0.4) is 0 Å². The van der Waals surface area contributed by atoms with Gasteiger partial charge in [0.25, 0.3) is 0 Å². The minimum absolute atomic E-state index is 0.285. The molecular formula is C12H15BrN2O. The summed E-state index contributed by atoms with van der Waals surface area (Å²) in [6, 6.07) is 8.74. The fourth-order valence-electron chi connectivity index (χ4n) is 2.09. The first-order valence-corrected chi connectivity index (χ1v) is 6.22. The van der Waals surface area contributed by atoms with Gasteiger partial charge in [-0.05, 0) is 30.4 Å². The molecule has 3 N–H and O–H groups in total. The number of amides is 1. The van der Waals surface area contributed by atoms with Crippen molar-refractivity contribution in [1.29, 1.82) is 0 Å². The molecule has 86 valence electrons. The summed E-state index contributed by atoms with van der Waals surface area (Å²) in [5, 5.41) is 3.15. The maximum atomic E-state index is 10.6. The van der Waals surface area contributed by atoms with Crippen molar-refractivity contribution in [2.24, 2.45) is 5.73 Å². The standard InChI is InChI=1S/C12H15BrN2O/c13-11-4-2-1-3-10(11)8-5-9(6-8)15-7-12(14)16/h1-4,8-9,15H,5-7H2,(H2,14,16). The molecule has 0 saturated heterocycles. The van der Waals surface area contributed by atoms with Crippen LogP contribution in [0, 0.1) is 0 Å². The molecule has 0 heterocycles. The number of hydrogen-bond donors (Lipinski definition) is 2. The summed E-state index contributed by atoms with van der Waals surface area (Å²) < 4.78 is 1.17. The lowest BCUT2D eigenvalue weighted by molar-refractivity contribution is -0.117. The van der Waals surface area contributed by atoms with Gasteiger partial charge in [0.15, 0.2) is 0 Å². The van der Waals surface area contributed by atoms with Gasteiger partial charge in [-0.2, -0.15) is 0 Å². The molecule has 16 heavy (non-hydrogen) atoms. The van der Waals surface area contributed by atoms with E-state index in [4.69, 9.17) is 5.73 Å². The van der Waals surface area contributed by atoms with Crippen molar-refractivity contribution < 1.29 is 4.79 Å². The van der Waals surface area contributed by atoms with E-state index < -0.39 is 0 Å². The number of nitrogens with one attached hydrogen (secondary N) is 1. The Balaban J connectivity index is 1.84. The Labute approximate surface area is 104 Å². The van der Waals surface area contributed by atoms with E-state index in [1.807, 2.05) is 6.07 Å². The normalized spacial score (nSPS) is 23.8. The van der Waals surface area contributed by atoms with E-state index in [0.29, 0.717) is 12.0 Å². The van der Waals surface area contributed by atoms with Gasteiger partial charge in [0.1, 0.15) is 0 Å². The average Bonchev–Trinajstić information content (AvgIpc) is 2.17. The second-order valence-electron chi connectivity index (χ2n) is 4.23. The van der Waals surface area contributed by atoms with Gasteiger partial charge in [-0.1, -0.05) is 34.1 Å². The smallest absolute Gasteiger partial charge is 0.231 e. The quantitative estimate of drug-likeness (QED) is 0.884. The van der Waals surface area contributed by atoms with E-state index in [0.717, 1.165) is 12.8 Å². The Kier molecular flexibility index (Phi) is 3.61. The van der Waals surface area contributed by atoms with Crippen LogP contribution >= 0.6 is 15.9 Å². The van der Waals surface area contributed by atoms with Gasteiger partial charge in [-0.3, -0.25) is 4.79 Å². The van der Waals surface area contributed by atoms with E-state index in [-0.39, 0.29) is 12.5 Å². The van der Waals surface area contributed by atoms with Gasteiger partial charge in [0.05, 0.1) is 6.54 Å². The first kappa shape index (κ1) is 11.6. The number of hydrogen-bond acceptors (Lipinski definition) is 2. The topological polar surface area (TPSA) is 55.1 Å². The van der Waals surface area contributed by atoms with Crippen molar-refractivity contribution in [3.8, 4) is 0 Å². The third-order valence-electron chi connectivity index (χ3n) is 3.05. The third kappa shape index (κ3) is 2.62. The van der Waals surface area contributed by atoms with E-state index >= 15 is 0 Å². The number of nitrogens with two attached hydrogens (primary N) is 1. The fourth-order valence-corrected chi connectivity index (χ4v) is 2.70. The highest BCUT2D eigenvalue weighted by atomic mass is 79.9. The number of carbonyl (C=O) groups is 1. The van der Waals surface area contributed by atoms with Crippen molar-refractivity contribution in [3.05, 3.63) is 34.3 Å². The molecule has 2 rings (SSSR count). The van der Waals surface area contributed by atoms with Crippen LogP contribution in [0.5, 0.6) is 0 Å². The van der Waals surface area contributed by atoms with Crippen LogP contribution < -0.4 is 11.1 Å². The SMILES string of the molecule is NC(=O)CNC1CC(c2ccccc2Br)C1. The maximum Gasteiger partial charge on any atom is 0.231 e. The van der Waals surface area contributed by atoms with Crippen LogP contribution in [-0.2, 0) is 4.79 Å². The van der Waals surface area contributed by atoms with Gasteiger partial charge in [-0.15, -0.1) is 0 Å². The van der Waals surface area contributed by atoms with Gasteiger partial charge in [0, 0.05) is 10.5 Å². The number of benzene rings is 1. The van der Waals surface area contributed by atoms with Crippen molar-refractivity contribution in [2.75, 3.05) is 6.54 Å². The molecule has 0 unspecified atom stereocenters. The van der Waals surface area contributed by atoms with Crippen molar-refractivity contribution in [1.82, 2.24) is 5.32 Å². The van der Waals surface area contributed by atoms with Crippen LogP contribution in [0.1, 0.15) is 24.3 Å². The molecule has 0 aliphatic heterocycles. The molecule has 1 aliphatic rings. The van der Waals surface area contributed by atoms with Gasteiger partial charge >= 0.3 is 0 Å². The molecule has 3 nitrogen and oxygen atoms in total. The summed E-state index contributed by atoms with van der Waals surface area (Å²) in [7, 11) is 0. The monoisotopic (exact) mass is 282 g/mol. The van der Waals surface area contributed by atoms with Crippen molar-refractivity contribution >= 4 is 21.8 Å². The zero-order chi connectivity index (χ0) is 11.5. The number of halogens is 1. The maximum absolute atomic E-state index is 10.6. The molecule has 0 atom stereocenters. The van der Waals surface area contributed by atoms with Crippen LogP contribution in [-0.4, -0.2) is 18.5 Å². The Hall–Kier alpha value is -0.870. The second-order valence-corrected chi connectivity index (χ2v) is 5.09. The minimum Gasteiger partial charge on any atom is -0.369 e. The molecule has 4 heteroatoms. The zero-order valence-corrected chi connectivity index (χ0v) is 10.5. The number of primary amides is 1. The molecule has 1 saturated carbocycles. The lowest BCUT2D eigenvalue weighted by Crippen LogP contribution is -2.43. The lowest BCUT2D eigenvalue weighted by atomic mass is 9.76. The largest absolute Gasteiger partial charge is 0.369 e. The highest BCUT2D eigenvalue weighted by molar-refractivity contribution is 9.10. The molecule has 1 aliphatic carbocycles. The first-order valence-electron chi connectivity index (χ1n) is 5.43. The minimum atomic E-state index is -0.288. The van der Waals surface area contributed by atoms with Gasteiger partial charge in [0.2, 0.25) is 5.91 Å². The van der Waals surface area contributed by atoms with Crippen LogP contribution in [0.25, 0.3) is 0 Å². The van der Waals surface area contributed by atoms with Crippen molar-refractivity contribution in [3.63, 3.8) is 0 Å². The lowest BCUT2D eigenvalue weighted by Gasteiger charge is -2.36. The van der Waals surface area contributed by atoms with Gasteiger partial charge < -0.3 is 11.1 Å². The number of carbonyl (C=O) groups excluding carboxylic acids is 1. The van der Waals surface area contributed by atoms with Crippen LogP contribution in [0.4, 0.5) is 0 Å². The Morgan fingerprint density at radius 3 is 2.75 bits per heavy atom. The van der Waals surface area contributed by atoms with E-state index in [1.54, 1.807) is 0 Å². The average molecular weight is 283 g/mol. The molecular weight excluding hydrogens is 268 g/mol. The summed E-state index contributed by atoms with van der Waals surface area (Å²) in [6.07, 6.45) is 2.16. The molecule has 0 spiro atoms. The molecule has 1 aromatic rings. The Bertz CT molecular complexity index is 388. The van der Waals surface area contributed by atoms with Crippen molar-refractivity contribution in [2.45, 2.75) is 24.8 Å². The summed E-state index contributed by atoms with van der Waals surface area (Å²) in [5.41, 5.74) is 6.44. The second kappa shape index (κ2) is 4.97. The molecule has 0 radical (unpaired) electrons. The molecule has 0 bridgehead atoms. The summed E-state index contributed by atoms with van der Waals surface area (Å²) in [5.74, 6) is 0.310. The summed E-state index contributed by atoms with van der Waals surface area (Å²) >= 11 is 3.56. The molecule has 1 fully saturated rings. The third-order valence-corrected chi connectivity index (χ3v) is 3.77. The Morgan fingerprint density at radius 1 is 1.44 bits per heavy atom. The molecule has 0 aromatic heterocycles. The molecule has 1 amide bonds. The molecule has 1 aromatic carbocycles. The highest BCUT2D eigenvalue weighted by Gasteiger charge is 2.30. The van der Waals surface area contributed by atoms with Crippen LogP contribution in [0.2, 0.25) is 0 Å². The van der Waals surface area contributed by atoms with E-state index in [1.165, 1.54) is 10.0 Å². The fraction of sp³-hybridized carbons (Fsp3) is 0.417. The highest BCUT2D eigenvalue weighted by Crippen LogP contribution is 2.39. The number of rotatable bonds is 4. The predicted octanol–water partition coefficient (Wildman–Crippen LogP) is 1.77. The predicted molar refractivity (Wildman–Crippen MR) is 67.1 cm³/mol. The van der Waals surface area contributed by atoms with Crippen LogP contribution in [0.15, 0.2) is 28.7 Å².